The summed E-state index contributed by atoms with van der Waals surface area (Å²) in [6.07, 6.45) is 2.86. The molecule has 0 radical (unpaired) electrons. The average Bonchev–Trinajstić information content (AvgIpc) is 2.61. The van der Waals surface area contributed by atoms with E-state index >= 15 is 0 Å². The second-order valence-electron chi connectivity index (χ2n) is 3.55. The van der Waals surface area contributed by atoms with Crippen LogP contribution in [-0.4, -0.2) is 41.1 Å². The van der Waals surface area contributed by atoms with Gasteiger partial charge in [-0.15, -0.1) is 0 Å². The third kappa shape index (κ3) is 3.98. The van der Waals surface area contributed by atoms with E-state index in [1.165, 1.54) is 0 Å². The molecule has 0 aromatic carbocycles. The number of amidine groups is 1. The topological polar surface area (TPSA) is 76.1 Å². The van der Waals surface area contributed by atoms with Crippen molar-refractivity contribution in [2.24, 2.45) is 0 Å². The number of rotatable bonds is 5. The van der Waals surface area contributed by atoms with E-state index in [-0.39, 0.29) is 6.42 Å². The van der Waals surface area contributed by atoms with Gasteiger partial charge in [0.1, 0.15) is 6.07 Å². The molecule has 5 heteroatoms. The first-order valence-corrected chi connectivity index (χ1v) is 5.17. The summed E-state index contributed by atoms with van der Waals surface area (Å²) < 4.78 is 2.01. The van der Waals surface area contributed by atoms with E-state index in [9.17, 15) is 4.79 Å². The second-order valence-corrected chi connectivity index (χ2v) is 3.55. The molecule has 0 saturated heterocycles. The fourth-order valence-corrected chi connectivity index (χ4v) is 1.66. The molecule has 0 unspecified atom stereocenters. The molecule has 5 nitrogen and oxygen atoms in total. The third-order valence-electron chi connectivity index (χ3n) is 2.38. The molecule has 0 aliphatic carbocycles. The molecular formula is C10H16N3O2+. The minimum Gasteiger partial charge on any atom is -0.481 e. The number of carboxylic acids is 1. The molecule has 1 aliphatic heterocycles. The highest BCUT2D eigenvalue weighted by atomic mass is 16.4. The maximum Gasteiger partial charge on any atom is 0.303 e. The Morgan fingerprint density at radius 2 is 2.47 bits per heavy atom. The van der Waals surface area contributed by atoms with Crippen LogP contribution in [0.1, 0.15) is 25.7 Å². The van der Waals surface area contributed by atoms with Crippen molar-refractivity contribution in [3.05, 3.63) is 0 Å². The van der Waals surface area contributed by atoms with Gasteiger partial charge in [-0.05, 0) is 12.8 Å². The van der Waals surface area contributed by atoms with Crippen molar-refractivity contribution in [3.8, 4) is 6.07 Å². The van der Waals surface area contributed by atoms with E-state index in [0.29, 0.717) is 19.5 Å². The minimum atomic E-state index is -0.762. The van der Waals surface area contributed by atoms with E-state index < -0.39 is 5.97 Å². The lowest BCUT2D eigenvalue weighted by atomic mass is 10.3. The molecular weight excluding hydrogens is 194 g/mol. The highest BCUT2D eigenvalue weighted by Crippen LogP contribution is 2.02. The highest BCUT2D eigenvalue weighted by Gasteiger charge is 2.19. The predicted octanol–water partition coefficient (Wildman–Crippen LogP) is 0.169. The van der Waals surface area contributed by atoms with E-state index in [2.05, 4.69) is 11.4 Å². The summed E-state index contributed by atoms with van der Waals surface area (Å²) in [6.45, 7) is 2.01. The molecule has 0 spiro atoms. The summed E-state index contributed by atoms with van der Waals surface area (Å²) in [5.74, 6) is 0.323. The van der Waals surface area contributed by atoms with Crippen molar-refractivity contribution in [1.82, 2.24) is 5.32 Å². The summed E-state index contributed by atoms with van der Waals surface area (Å²) in [5.41, 5.74) is 0. The van der Waals surface area contributed by atoms with E-state index in [1.54, 1.807) is 0 Å². The molecule has 1 heterocycles. The predicted molar refractivity (Wildman–Crippen MR) is 54.7 cm³/mol. The third-order valence-corrected chi connectivity index (χ3v) is 2.38. The molecule has 0 bridgehead atoms. The van der Waals surface area contributed by atoms with E-state index in [0.717, 1.165) is 25.2 Å². The van der Waals surface area contributed by atoms with Crippen LogP contribution >= 0.6 is 0 Å². The number of nitrogens with zero attached hydrogens (tertiary/aromatic N) is 2. The van der Waals surface area contributed by atoms with Crippen LogP contribution in [0.25, 0.3) is 0 Å². The Hall–Kier alpha value is -1.57. The first kappa shape index (κ1) is 11.5. The number of aliphatic carboxylic acids is 1. The zero-order valence-electron chi connectivity index (χ0n) is 8.70. The van der Waals surface area contributed by atoms with Gasteiger partial charge in [-0.2, -0.15) is 5.26 Å². The standard InChI is InChI=1S/C10H15N3O2/c11-5-8-13-7-2-3-9(13)12-6-1-4-10(14)15/h1-4,6-8H2,(H,14,15)/p+1. The number of carboxylic acid groups (broad SMARTS) is 1. The van der Waals surface area contributed by atoms with Crippen LogP contribution in [0, 0.1) is 11.3 Å². The number of nitriles is 1. The Labute approximate surface area is 89.0 Å². The van der Waals surface area contributed by atoms with Gasteiger partial charge < -0.3 is 5.11 Å². The minimum absolute atomic E-state index is 0.193. The molecule has 1 aliphatic rings. The van der Waals surface area contributed by atoms with Gasteiger partial charge in [0.2, 0.25) is 5.84 Å². The van der Waals surface area contributed by atoms with Crippen molar-refractivity contribution in [3.63, 3.8) is 0 Å². The molecule has 0 saturated carbocycles. The Kier molecular flexibility index (Phi) is 4.61. The summed E-state index contributed by atoms with van der Waals surface area (Å²) in [7, 11) is 0. The van der Waals surface area contributed by atoms with Crippen LogP contribution < -0.4 is 5.32 Å². The zero-order valence-corrected chi connectivity index (χ0v) is 8.70. The number of carbonyl (C=O) groups is 1. The molecule has 0 atom stereocenters. The fourth-order valence-electron chi connectivity index (χ4n) is 1.66. The molecule has 1 rings (SSSR count). The van der Waals surface area contributed by atoms with Crippen molar-refractivity contribution >= 4 is 11.8 Å². The van der Waals surface area contributed by atoms with Crippen LogP contribution in [-0.2, 0) is 4.79 Å². The highest BCUT2D eigenvalue weighted by molar-refractivity contribution is 5.78. The molecule has 0 amide bonds. The first-order valence-electron chi connectivity index (χ1n) is 5.17. The first-order chi connectivity index (χ1) is 7.24. The molecule has 82 valence electrons. The molecule has 2 N–H and O–H groups in total. The van der Waals surface area contributed by atoms with Crippen LogP contribution in [0.4, 0.5) is 0 Å². The van der Waals surface area contributed by atoms with Crippen LogP contribution in [0.2, 0.25) is 0 Å². The quantitative estimate of drug-likeness (QED) is 0.385. The lowest BCUT2D eigenvalue weighted by molar-refractivity contribution is -0.509. The molecule has 0 fully saturated rings. The SMILES string of the molecule is N#CC[N+]1=C(NCCCC(=O)O)CCC1. The summed E-state index contributed by atoms with van der Waals surface area (Å²) >= 11 is 0. The zero-order chi connectivity index (χ0) is 11.1. The van der Waals surface area contributed by atoms with Gasteiger partial charge in [0.25, 0.3) is 0 Å². The van der Waals surface area contributed by atoms with Crippen molar-refractivity contribution in [2.45, 2.75) is 25.7 Å². The molecule has 15 heavy (non-hydrogen) atoms. The van der Waals surface area contributed by atoms with Gasteiger partial charge in [0.15, 0.2) is 6.54 Å². The summed E-state index contributed by atoms with van der Waals surface area (Å²) in [5, 5.41) is 20.2. The Morgan fingerprint density at radius 1 is 1.67 bits per heavy atom. The monoisotopic (exact) mass is 210 g/mol. The van der Waals surface area contributed by atoms with Gasteiger partial charge in [0.05, 0.1) is 19.5 Å². The Morgan fingerprint density at radius 3 is 3.13 bits per heavy atom. The maximum atomic E-state index is 10.3. The van der Waals surface area contributed by atoms with Crippen molar-refractivity contribution in [1.29, 1.82) is 5.26 Å². The van der Waals surface area contributed by atoms with E-state index in [4.69, 9.17) is 10.4 Å². The van der Waals surface area contributed by atoms with Crippen LogP contribution in [0.3, 0.4) is 0 Å². The van der Waals surface area contributed by atoms with E-state index in [1.807, 2.05) is 4.58 Å². The smallest absolute Gasteiger partial charge is 0.303 e. The Bertz CT molecular complexity index is 304. The lowest BCUT2D eigenvalue weighted by Gasteiger charge is -2.01. The van der Waals surface area contributed by atoms with Gasteiger partial charge in [-0.3, -0.25) is 14.7 Å². The largest absolute Gasteiger partial charge is 0.481 e. The van der Waals surface area contributed by atoms with Crippen molar-refractivity contribution in [2.75, 3.05) is 19.6 Å². The average molecular weight is 210 g/mol. The number of nitrogens with one attached hydrogen (secondary N) is 1. The van der Waals surface area contributed by atoms with Crippen molar-refractivity contribution < 1.29 is 14.5 Å². The van der Waals surface area contributed by atoms with Gasteiger partial charge in [-0.1, -0.05) is 0 Å². The Balaban J connectivity index is 2.28. The normalized spacial score (nSPS) is 15.1. The van der Waals surface area contributed by atoms with Gasteiger partial charge >= 0.3 is 5.97 Å². The molecule has 0 aromatic heterocycles. The van der Waals surface area contributed by atoms with Crippen LogP contribution in [0.15, 0.2) is 0 Å². The van der Waals surface area contributed by atoms with Gasteiger partial charge in [0, 0.05) is 6.42 Å². The lowest BCUT2D eigenvalue weighted by Crippen LogP contribution is -2.30. The summed E-state index contributed by atoms with van der Waals surface area (Å²) in [4.78, 5) is 10.3. The fraction of sp³-hybridized carbons (Fsp3) is 0.700. The van der Waals surface area contributed by atoms with Crippen LogP contribution in [0.5, 0.6) is 0 Å². The second kappa shape index (κ2) is 6.02. The summed E-state index contributed by atoms with van der Waals surface area (Å²) in [6, 6.07) is 2.12. The van der Waals surface area contributed by atoms with Gasteiger partial charge in [-0.25, -0.2) is 0 Å². The molecule has 0 aromatic rings. The number of hydrogen-bond donors (Lipinski definition) is 2. The maximum absolute atomic E-state index is 10.3. The number of hydrogen-bond acceptors (Lipinski definition) is 3.